The molecule has 0 bridgehead atoms. The monoisotopic (exact) mass is 352 g/mol. The molecule has 5 nitrogen and oxygen atoms in total. The molecule has 26 heavy (non-hydrogen) atoms. The molecular weight excluding hydrogens is 332 g/mol. The summed E-state index contributed by atoms with van der Waals surface area (Å²) in [5.74, 6) is -0.642. The number of fused-ring (bicyclic) bond motifs is 1. The lowest BCUT2D eigenvalue weighted by molar-refractivity contribution is -0.141. The molecule has 0 aliphatic heterocycles. The van der Waals surface area contributed by atoms with E-state index in [1.54, 1.807) is 18.2 Å². The number of phenolic OH excluding ortho intramolecular Hbond substituents is 1. The van der Waals surface area contributed by atoms with Crippen molar-refractivity contribution in [2.45, 2.75) is 26.2 Å². The molecule has 0 spiro atoms. The summed E-state index contributed by atoms with van der Waals surface area (Å²) >= 11 is 0. The topological polar surface area (TPSA) is 76.7 Å². The zero-order valence-electron chi connectivity index (χ0n) is 14.5. The summed E-state index contributed by atoms with van der Waals surface area (Å²) in [7, 11) is 0. The average Bonchev–Trinajstić information content (AvgIpc) is 3.02. The van der Waals surface area contributed by atoms with Gasteiger partial charge in [0.25, 0.3) is 0 Å². The summed E-state index contributed by atoms with van der Waals surface area (Å²) in [5, 5.41) is 10.2. The van der Waals surface area contributed by atoms with Crippen LogP contribution in [0.2, 0.25) is 0 Å². The smallest absolute Gasteiger partial charge is 0.310 e. The second-order valence-electron chi connectivity index (χ2n) is 6.15. The van der Waals surface area contributed by atoms with E-state index in [9.17, 15) is 14.7 Å². The van der Waals surface area contributed by atoms with Crippen molar-refractivity contribution in [3.8, 4) is 5.75 Å². The molecule has 1 heterocycles. The number of hydrogen-bond donors (Lipinski definition) is 1. The number of phenols is 1. The third-order valence-corrected chi connectivity index (χ3v) is 4.15. The van der Waals surface area contributed by atoms with Gasteiger partial charge in [0.05, 0.1) is 12.7 Å². The van der Waals surface area contributed by atoms with Gasteiger partial charge in [-0.15, -0.1) is 0 Å². The van der Waals surface area contributed by atoms with Gasteiger partial charge < -0.3 is 14.3 Å². The first kappa shape index (κ1) is 17.7. The first-order valence-electron chi connectivity index (χ1n) is 8.53. The second kappa shape index (κ2) is 7.87. The van der Waals surface area contributed by atoms with E-state index >= 15 is 0 Å². The van der Waals surface area contributed by atoms with Crippen LogP contribution >= 0.6 is 0 Å². The van der Waals surface area contributed by atoms with Crippen LogP contribution in [0, 0.1) is 0 Å². The highest BCUT2D eigenvalue weighted by atomic mass is 16.5. The van der Waals surface area contributed by atoms with Gasteiger partial charge in [-0.25, -0.2) is 0 Å². The number of rotatable bonds is 7. The van der Waals surface area contributed by atoms with Gasteiger partial charge in [0.1, 0.15) is 11.3 Å². The first-order valence-corrected chi connectivity index (χ1v) is 8.53. The fourth-order valence-electron chi connectivity index (χ4n) is 2.79. The van der Waals surface area contributed by atoms with E-state index in [1.165, 1.54) is 24.0 Å². The Kier molecular flexibility index (Phi) is 5.37. The van der Waals surface area contributed by atoms with Gasteiger partial charge in [0.15, 0.2) is 12.4 Å². The number of benzene rings is 2. The largest absolute Gasteiger partial charge is 0.508 e. The second-order valence-corrected chi connectivity index (χ2v) is 6.15. The standard InChI is InChI=1S/C21H20O5/c1-2-3-14-4-6-15(7-5-14)19(23)13-26-21(24)10-16-12-25-20-11-17(22)8-9-18(16)20/h4-9,11-12,22H,2-3,10,13H2,1H3. The Balaban J connectivity index is 1.57. The molecule has 0 amide bonds. The lowest BCUT2D eigenvalue weighted by Crippen LogP contribution is -2.15. The summed E-state index contributed by atoms with van der Waals surface area (Å²) in [6, 6.07) is 12.1. The fourth-order valence-corrected chi connectivity index (χ4v) is 2.79. The van der Waals surface area contributed by atoms with Crippen molar-refractivity contribution in [2.24, 2.45) is 0 Å². The zero-order chi connectivity index (χ0) is 18.5. The fraction of sp³-hybridized carbons (Fsp3) is 0.238. The highest BCUT2D eigenvalue weighted by Gasteiger charge is 2.14. The molecule has 5 heteroatoms. The van der Waals surface area contributed by atoms with E-state index in [-0.39, 0.29) is 24.6 Å². The maximum absolute atomic E-state index is 12.1. The molecule has 0 atom stereocenters. The lowest BCUT2D eigenvalue weighted by atomic mass is 10.1. The summed E-state index contributed by atoms with van der Waals surface area (Å²) in [6.45, 7) is 1.81. The van der Waals surface area contributed by atoms with Crippen LogP contribution in [0.15, 0.2) is 53.1 Å². The lowest BCUT2D eigenvalue weighted by Gasteiger charge is -2.05. The van der Waals surface area contributed by atoms with Crippen molar-refractivity contribution in [2.75, 3.05) is 6.61 Å². The number of aryl methyl sites for hydroxylation is 1. The van der Waals surface area contributed by atoms with Crippen molar-refractivity contribution < 1.29 is 23.8 Å². The van der Waals surface area contributed by atoms with Gasteiger partial charge in [0, 0.05) is 22.6 Å². The highest BCUT2D eigenvalue weighted by Crippen LogP contribution is 2.25. The molecule has 1 N–H and O–H groups in total. The Morgan fingerprint density at radius 2 is 1.88 bits per heavy atom. The number of carbonyl (C=O) groups is 2. The van der Waals surface area contributed by atoms with Crippen molar-refractivity contribution in [3.05, 3.63) is 65.4 Å². The van der Waals surface area contributed by atoms with E-state index in [1.807, 2.05) is 12.1 Å². The molecule has 0 aliphatic rings. The SMILES string of the molecule is CCCc1ccc(C(=O)COC(=O)Cc2coc3cc(O)ccc23)cc1. The molecule has 0 unspecified atom stereocenters. The third kappa shape index (κ3) is 4.11. The normalized spacial score (nSPS) is 10.8. The van der Waals surface area contributed by atoms with Crippen LogP contribution in [0.5, 0.6) is 5.75 Å². The molecule has 0 saturated carbocycles. The van der Waals surface area contributed by atoms with Crippen LogP contribution in [0.4, 0.5) is 0 Å². The maximum atomic E-state index is 12.1. The van der Waals surface area contributed by atoms with Crippen LogP contribution in [0.3, 0.4) is 0 Å². The van der Waals surface area contributed by atoms with Crippen molar-refractivity contribution in [1.29, 1.82) is 0 Å². The Bertz CT molecular complexity index is 921. The Hall–Kier alpha value is -3.08. The van der Waals surface area contributed by atoms with Gasteiger partial charge in [0.2, 0.25) is 0 Å². The quantitative estimate of drug-likeness (QED) is 0.512. The minimum atomic E-state index is -0.503. The number of ketones is 1. The van der Waals surface area contributed by atoms with E-state index in [2.05, 4.69) is 6.92 Å². The first-order chi connectivity index (χ1) is 12.6. The van der Waals surface area contributed by atoms with Crippen LogP contribution in [0.1, 0.15) is 34.8 Å². The predicted octanol–water partition coefficient (Wildman–Crippen LogP) is 4.06. The van der Waals surface area contributed by atoms with E-state index < -0.39 is 5.97 Å². The maximum Gasteiger partial charge on any atom is 0.310 e. The number of hydrogen-bond acceptors (Lipinski definition) is 5. The number of carbonyl (C=O) groups excluding carboxylic acids is 2. The van der Waals surface area contributed by atoms with E-state index in [0.29, 0.717) is 16.7 Å². The van der Waals surface area contributed by atoms with Crippen LogP contribution < -0.4 is 0 Å². The zero-order valence-corrected chi connectivity index (χ0v) is 14.5. The van der Waals surface area contributed by atoms with Crippen LogP contribution in [0.25, 0.3) is 11.0 Å². The summed E-state index contributed by atoms with van der Waals surface area (Å²) in [5.41, 5.74) is 2.86. The van der Waals surface area contributed by atoms with Crippen LogP contribution in [-0.4, -0.2) is 23.5 Å². The van der Waals surface area contributed by atoms with Crippen molar-refractivity contribution in [1.82, 2.24) is 0 Å². The van der Waals surface area contributed by atoms with Gasteiger partial charge in [-0.2, -0.15) is 0 Å². The predicted molar refractivity (Wildman–Crippen MR) is 97.3 cm³/mol. The van der Waals surface area contributed by atoms with Gasteiger partial charge in [-0.3, -0.25) is 9.59 Å². The van der Waals surface area contributed by atoms with Gasteiger partial charge in [-0.05, 0) is 24.1 Å². The Morgan fingerprint density at radius 1 is 1.12 bits per heavy atom. The molecule has 0 saturated heterocycles. The van der Waals surface area contributed by atoms with Crippen molar-refractivity contribution >= 4 is 22.7 Å². The molecule has 3 aromatic rings. The molecule has 0 fully saturated rings. The molecule has 134 valence electrons. The number of aromatic hydroxyl groups is 1. The summed E-state index contributed by atoms with van der Waals surface area (Å²) in [6.07, 6.45) is 3.48. The number of esters is 1. The van der Waals surface area contributed by atoms with Gasteiger partial charge >= 0.3 is 5.97 Å². The summed E-state index contributed by atoms with van der Waals surface area (Å²) in [4.78, 5) is 24.2. The summed E-state index contributed by atoms with van der Waals surface area (Å²) < 4.78 is 10.4. The Morgan fingerprint density at radius 3 is 2.62 bits per heavy atom. The van der Waals surface area contributed by atoms with E-state index in [4.69, 9.17) is 9.15 Å². The molecule has 1 aromatic heterocycles. The van der Waals surface area contributed by atoms with E-state index in [0.717, 1.165) is 18.2 Å². The minimum absolute atomic E-state index is 0.000489. The number of Topliss-reactive ketones (excluding diaryl/α,β-unsaturated/α-hetero) is 1. The van der Waals surface area contributed by atoms with Gasteiger partial charge in [-0.1, -0.05) is 37.6 Å². The van der Waals surface area contributed by atoms with Crippen molar-refractivity contribution in [3.63, 3.8) is 0 Å². The molecule has 0 radical (unpaired) electrons. The Labute approximate surface area is 151 Å². The molecule has 0 aliphatic carbocycles. The third-order valence-electron chi connectivity index (χ3n) is 4.15. The molecule has 2 aromatic carbocycles. The number of ether oxygens (including phenoxy) is 1. The minimum Gasteiger partial charge on any atom is -0.508 e. The molecule has 3 rings (SSSR count). The molecular formula is C21H20O5. The average molecular weight is 352 g/mol. The highest BCUT2D eigenvalue weighted by molar-refractivity contribution is 5.98. The van der Waals surface area contributed by atoms with Crippen LogP contribution in [-0.2, 0) is 22.4 Å². The number of furan rings is 1.